The van der Waals surface area contributed by atoms with E-state index in [9.17, 15) is 5.11 Å². The maximum Gasteiger partial charge on any atom is 0.157 e. The second-order valence-corrected chi connectivity index (χ2v) is 2.50. The molecule has 13 heavy (non-hydrogen) atoms. The van der Waals surface area contributed by atoms with Gasteiger partial charge in [0.15, 0.2) is 11.5 Å². The highest BCUT2D eigenvalue weighted by atomic mass is 19.0. The Morgan fingerprint density at radius 1 is 1.23 bits per heavy atom. The van der Waals surface area contributed by atoms with Crippen LogP contribution < -0.4 is 5.73 Å². The zero-order chi connectivity index (χ0) is 9.14. The molecule has 0 saturated carbocycles. The van der Waals surface area contributed by atoms with Gasteiger partial charge in [0.25, 0.3) is 0 Å². The second-order valence-electron chi connectivity index (χ2n) is 2.50. The van der Waals surface area contributed by atoms with E-state index in [-0.39, 0.29) is 22.7 Å². The normalized spacial score (nSPS) is 11.8. The summed E-state index contributed by atoms with van der Waals surface area (Å²) in [6, 6.07) is 4.10. The Hall–Kier alpha value is -1.33. The summed E-state index contributed by atoms with van der Waals surface area (Å²) < 4.78 is 0. The minimum atomic E-state index is -0.795. The number of phenolic OH excluding ortho intramolecular Hbond substituents is 2. The van der Waals surface area contributed by atoms with Crippen LogP contribution in [-0.4, -0.2) is 21.9 Å². The van der Waals surface area contributed by atoms with Gasteiger partial charge in [-0.25, -0.2) is 0 Å². The lowest BCUT2D eigenvalue weighted by atomic mass is 10.1. The first-order chi connectivity index (χ1) is 5.65. The van der Waals surface area contributed by atoms with E-state index in [4.69, 9.17) is 15.9 Å². The predicted octanol–water partition coefficient (Wildman–Crippen LogP) is 0.242. The van der Waals surface area contributed by atoms with Crippen molar-refractivity contribution in [3.05, 3.63) is 23.8 Å². The van der Waals surface area contributed by atoms with Gasteiger partial charge in [-0.15, -0.1) is 0 Å². The first kappa shape index (κ1) is 11.7. The van der Waals surface area contributed by atoms with Crippen LogP contribution in [0.1, 0.15) is 11.7 Å². The van der Waals surface area contributed by atoms with Gasteiger partial charge in [0, 0.05) is 6.54 Å². The Bertz CT molecular complexity index is 280. The number of aliphatic hydroxyl groups is 1. The summed E-state index contributed by atoms with van der Waals surface area (Å²) in [5.74, 6) is -0.456. The fourth-order valence-corrected chi connectivity index (χ4v) is 0.884. The van der Waals surface area contributed by atoms with E-state index in [0.29, 0.717) is 5.56 Å². The molecule has 0 bridgehead atoms. The molecule has 4 nitrogen and oxygen atoms in total. The second kappa shape index (κ2) is 4.64. The highest BCUT2D eigenvalue weighted by Gasteiger charge is 2.07. The molecule has 5 heteroatoms. The number of rotatable bonds is 2. The van der Waals surface area contributed by atoms with Gasteiger partial charge in [-0.1, -0.05) is 6.07 Å². The minimum Gasteiger partial charge on any atom is -0.504 e. The molecule has 0 fully saturated rings. The molecule has 0 spiro atoms. The van der Waals surface area contributed by atoms with Crippen LogP contribution in [0.25, 0.3) is 0 Å². The van der Waals surface area contributed by atoms with Crippen molar-refractivity contribution >= 4 is 0 Å². The molecule has 1 aromatic carbocycles. The Labute approximate surface area is 74.6 Å². The third-order valence-electron chi connectivity index (χ3n) is 1.61. The van der Waals surface area contributed by atoms with E-state index in [2.05, 4.69) is 0 Å². The van der Waals surface area contributed by atoms with E-state index in [1.807, 2.05) is 0 Å². The Morgan fingerprint density at radius 2 is 1.85 bits per heavy atom. The molecular weight excluding hydrogens is 177 g/mol. The lowest BCUT2D eigenvalue weighted by Gasteiger charge is -2.08. The van der Waals surface area contributed by atoms with Crippen LogP contribution in [0.15, 0.2) is 18.2 Å². The molecule has 1 atom stereocenters. The maximum atomic E-state index is 9.23. The first-order valence-electron chi connectivity index (χ1n) is 3.55. The first-order valence-corrected chi connectivity index (χ1v) is 3.55. The number of hydrogen-bond donors (Lipinski definition) is 4. The van der Waals surface area contributed by atoms with Crippen LogP contribution in [0.5, 0.6) is 11.5 Å². The van der Waals surface area contributed by atoms with Gasteiger partial charge in [-0.3, -0.25) is 4.70 Å². The van der Waals surface area contributed by atoms with E-state index in [0.717, 1.165) is 0 Å². The zero-order valence-electron chi connectivity index (χ0n) is 6.84. The lowest BCUT2D eigenvalue weighted by molar-refractivity contribution is 0.186. The summed E-state index contributed by atoms with van der Waals surface area (Å²) in [5, 5.41) is 27.2. The van der Waals surface area contributed by atoms with Crippen LogP contribution >= 0.6 is 0 Å². The molecule has 0 heterocycles. The lowest BCUT2D eigenvalue weighted by Crippen LogP contribution is -2.11. The number of nitrogens with two attached hydrogens (primary N) is 1. The monoisotopic (exact) mass is 189 g/mol. The zero-order valence-corrected chi connectivity index (χ0v) is 6.84. The number of aliphatic hydroxyl groups excluding tert-OH is 1. The van der Waals surface area contributed by atoms with E-state index in [1.54, 1.807) is 0 Å². The third-order valence-corrected chi connectivity index (χ3v) is 1.61. The van der Waals surface area contributed by atoms with Gasteiger partial charge in [-0.2, -0.15) is 0 Å². The van der Waals surface area contributed by atoms with Crippen LogP contribution in [-0.2, 0) is 0 Å². The van der Waals surface area contributed by atoms with Crippen molar-refractivity contribution in [2.45, 2.75) is 6.10 Å². The maximum absolute atomic E-state index is 9.23. The summed E-state index contributed by atoms with van der Waals surface area (Å²) in [6.45, 7) is 0.0875. The van der Waals surface area contributed by atoms with E-state index < -0.39 is 6.10 Å². The summed E-state index contributed by atoms with van der Waals surface area (Å²) in [7, 11) is 0. The molecule has 1 unspecified atom stereocenters. The van der Waals surface area contributed by atoms with Crippen LogP contribution in [0.3, 0.4) is 0 Å². The average Bonchev–Trinajstić information content (AvgIpc) is 2.08. The quantitative estimate of drug-likeness (QED) is 0.502. The molecule has 0 aliphatic rings. The third kappa shape index (κ3) is 2.57. The topological polar surface area (TPSA) is 86.7 Å². The average molecular weight is 189 g/mol. The largest absolute Gasteiger partial charge is 0.504 e. The van der Waals surface area contributed by atoms with Crippen molar-refractivity contribution in [1.29, 1.82) is 0 Å². The van der Waals surface area contributed by atoms with Gasteiger partial charge < -0.3 is 21.1 Å². The SMILES string of the molecule is F.NCC(O)c1ccc(O)c(O)c1. The molecule has 1 aromatic rings. The molecule has 0 saturated heterocycles. The molecule has 5 N–H and O–H groups in total. The number of benzene rings is 1. The molecule has 0 aromatic heterocycles. The minimum absolute atomic E-state index is 0. The van der Waals surface area contributed by atoms with Crippen LogP contribution in [0.4, 0.5) is 4.70 Å². The van der Waals surface area contributed by atoms with Gasteiger partial charge in [0.2, 0.25) is 0 Å². The van der Waals surface area contributed by atoms with Crippen LogP contribution in [0, 0.1) is 0 Å². The number of hydrogen-bond acceptors (Lipinski definition) is 4. The van der Waals surface area contributed by atoms with Crippen molar-refractivity contribution < 1.29 is 20.0 Å². The number of aromatic hydroxyl groups is 2. The van der Waals surface area contributed by atoms with Crippen molar-refractivity contribution in [1.82, 2.24) is 0 Å². The van der Waals surface area contributed by atoms with Crippen molar-refractivity contribution in [2.75, 3.05) is 6.54 Å². The standard InChI is InChI=1S/C8H11NO3.FH/c9-4-8(12)5-1-2-6(10)7(11)3-5;/h1-3,8,10-12H,4,9H2;1H. The highest BCUT2D eigenvalue weighted by molar-refractivity contribution is 5.41. The fourth-order valence-electron chi connectivity index (χ4n) is 0.884. The molecule has 74 valence electrons. The Morgan fingerprint density at radius 3 is 2.31 bits per heavy atom. The molecule has 1 rings (SSSR count). The summed E-state index contributed by atoms with van der Waals surface area (Å²) in [6.07, 6.45) is -0.795. The summed E-state index contributed by atoms with van der Waals surface area (Å²) in [4.78, 5) is 0. The van der Waals surface area contributed by atoms with Gasteiger partial charge in [0.05, 0.1) is 6.10 Å². The summed E-state index contributed by atoms with van der Waals surface area (Å²) >= 11 is 0. The number of phenols is 2. The van der Waals surface area contributed by atoms with Gasteiger partial charge in [-0.05, 0) is 17.7 Å². The predicted molar refractivity (Wildman–Crippen MR) is 46.3 cm³/mol. The highest BCUT2D eigenvalue weighted by Crippen LogP contribution is 2.27. The van der Waals surface area contributed by atoms with E-state index in [1.165, 1.54) is 18.2 Å². The Kier molecular flexibility index (Phi) is 4.16. The molecule has 0 radical (unpaired) electrons. The van der Waals surface area contributed by atoms with Gasteiger partial charge in [0.1, 0.15) is 0 Å². The smallest absolute Gasteiger partial charge is 0.157 e. The Balaban J connectivity index is 0.00000144. The van der Waals surface area contributed by atoms with Crippen molar-refractivity contribution in [3.8, 4) is 11.5 Å². The fraction of sp³-hybridized carbons (Fsp3) is 0.250. The van der Waals surface area contributed by atoms with Crippen molar-refractivity contribution in [2.24, 2.45) is 5.73 Å². The molecule has 0 aliphatic heterocycles. The molecular formula is C8H12FNO3. The van der Waals surface area contributed by atoms with Crippen LogP contribution in [0.2, 0.25) is 0 Å². The molecule has 0 amide bonds. The van der Waals surface area contributed by atoms with Crippen molar-refractivity contribution in [3.63, 3.8) is 0 Å². The van der Waals surface area contributed by atoms with E-state index >= 15 is 0 Å². The van der Waals surface area contributed by atoms with Gasteiger partial charge >= 0.3 is 0 Å². The number of halogens is 1. The molecule has 0 aliphatic carbocycles. The summed E-state index contributed by atoms with van der Waals surface area (Å²) in [5.41, 5.74) is 5.69.